The average Bonchev–Trinajstić information content (AvgIpc) is 3.44. The van der Waals surface area contributed by atoms with Crippen molar-refractivity contribution in [2.24, 2.45) is 0 Å². The second kappa shape index (κ2) is 10.1. The van der Waals surface area contributed by atoms with Crippen LogP contribution in [0.5, 0.6) is 5.75 Å². The van der Waals surface area contributed by atoms with Crippen LogP contribution in [-0.2, 0) is 11.3 Å². The van der Waals surface area contributed by atoms with Crippen LogP contribution in [0.2, 0.25) is 0 Å². The zero-order chi connectivity index (χ0) is 25.2. The standard InChI is InChI=1S/C26H30N6O4/c1-18-4-8-21(9-5-18)32-19(2)25(33)31(26(32)34)17-30-14-12-29(13-15-30)16-23-27-24(28-36-23)20-6-10-22(35-3)11-7-20/h4-11,19H,12-17H2,1-3H3. The molecule has 2 aliphatic rings. The van der Waals surface area contributed by atoms with E-state index in [1.807, 2.05) is 55.5 Å². The lowest BCUT2D eigenvalue weighted by molar-refractivity contribution is -0.128. The highest BCUT2D eigenvalue weighted by Gasteiger charge is 2.44. The summed E-state index contributed by atoms with van der Waals surface area (Å²) in [7, 11) is 1.63. The van der Waals surface area contributed by atoms with Crippen LogP contribution in [-0.4, -0.2) is 82.8 Å². The molecule has 0 N–H and O–H groups in total. The van der Waals surface area contributed by atoms with Crippen LogP contribution in [0.25, 0.3) is 11.4 Å². The first-order valence-electron chi connectivity index (χ1n) is 12.1. The summed E-state index contributed by atoms with van der Waals surface area (Å²) < 4.78 is 10.7. The number of urea groups is 1. The minimum atomic E-state index is -0.515. The van der Waals surface area contributed by atoms with Crippen LogP contribution >= 0.6 is 0 Å². The fraction of sp³-hybridized carbons (Fsp3) is 0.385. The van der Waals surface area contributed by atoms with E-state index >= 15 is 0 Å². The van der Waals surface area contributed by atoms with Gasteiger partial charge in [-0.15, -0.1) is 0 Å². The van der Waals surface area contributed by atoms with Gasteiger partial charge in [0.15, 0.2) is 0 Å². The first kappa shape index (κ1) is 24.0. The third-order valence-corrected chi connectivity index (χ3v) is 6.74. The van der Waals surface area contributed by atoms with E-state index in [1.54, 1.807) is 18.9 Å². The number of anilines is 1. The van der Waals surface area contributed by atoms with Gasteiger partial charge in [0.05, 0.1) is 20.3 Å². The molecule has 0 saturated carbocycles. The number of imide groups is 1. The van der Waals surface area contributed by atoms with Crippen molar-refractivity contribution in [3.05, 3.63) is 60.0 Å². The summed E-state index contributed by atoms with van der Waals surface area (Å²) in [4.78, 5) is 37.8. The molecule has 0 aliphatic carbocycles. The number of benzene rings is 2. The largest absolute Gasteiger partial charge is 0.497 e. The van der Waals surface area contributed by atoms with Crippen molar-refractivity contribution in [1.82, 2.24) is 24.8 Å². The van der Waals surface area contributed by atoms with Crippen LogP contribution in [0.4, 0.5) is 10.5 Å². The molecule has 0 bridgehead atoms. The summed E-state index contributed by atoms with van der Waals surface area (Å²) in [6.45, 7) is 7.63. The van der Waals surface area contributed by atoms with Crippen molar-refractivity contribution < 1.29 is 18.8 Å². The summed E-state index contributed by atoms with van der Waals surface area (Å²) in [5.74, 6) is 1.71. The van der Waals surface area contributed by atoms with E-state index in [0.29, 0.717) is 24.9 Å². The molecule has 2 saturated heterocycles. The number of carbonyl (C=O) groups is 2. The Labute approximate surface area is 210 Å². The van der Waals surface area contributed by atoms with Gasteiger partial charge in [0, 0.05) is 37.4 Å². The quantitative estimate of drug-likeness (QED) is 0.467. The van der Waals surface area contributed by atoms with Crippen LogP contribution in [0, 0.1) is 6.92 Å². The molecule has 2 aliphatic heterocycles. The number of piperazine rings is 1. The highest BCUT2D eigenvalue weighted by molar-refractivity contribution is 6.14. The van der Waals surface area contributed by atoms with Gasteiger partial charge in [0.1, 0.15) is 11.8 Å². The third-order valence-electron chi connectivity index (χ3n) is 6.74. The van der Waals surface area contributed by atoms with Gasteiger partial charge in [-0.1, -0.05) is 22.9 Å². The van der Waals surface area contributed by atoms with Crippen LogP contribution in [0.15, 0.2) is 53.1 Å². The summed E-state index contributed by atoms with van der Waals surface area (Å²) in [5.41, 5.74) is 2.72. The molecule has 3 heterocycles. The number of carbonyl (C=O) groups excluding carboxylic acids is 2. The smallest absolute Gasteiger partial charge is 0.333 e. The monoisotopic (exact) mass is 490 g/mol. The fourth-order valence-electron chi connectivity index (χ4n) is 4.55. The Morgan fingerprint density at radius 1 is 0.972 bits per heavy atom. The second-order valence-electron chi connectivity index (χ2n) is 9.21. The van der Waals surface area contributed by atoms with E-state index < -0.39 is 6.04 Å². The Morgan fingerprint density at radius 2 is 1.64 bits per heavy atom. The number of ether oxygens (including phenoxy) is 1. The van der Waals surface area contributed by atoms with Gasteiger partial charge >= 0.3 is 6.03 Å². The molecular formula is C26H30N6O4. The Kier molecular flexibility index (Phi) is 6.71. The van der Waals surface area contributed by atoms with Crippen molar-refractivity contribution in [1.29, 1.82) is 0 Å². The molecule has 0 radical (unpaired) electrons. The van der Waals surface area contributed by atoms with E-state index in [2.05, 4.69) is 19.9 Å². The van der Waals surface area contributed by atoms with Gasteiger partial charge in [0.25, 0.3) is 5.91 Å². The topological polar surface area (TPSA) is 95.3 Å². The van der Waals surface area contributed by atoms with Crippen molar-refractivity contribution in [3.63, 3.8) is 0 Å². The van der Waals surface area contributed by atoms with E-state index in [0.717, 1.165) is 48.7 Å². The van der Waals surface area contributed by atoms with Gasteiger partial charge < -0.3 is 9.26 Å². The summed E-state index contributed by atoms with van der Waals surface area (Å²) >= 11 is 0. The van der Waals surface area contributed by atoms with E-state index in [4.69, 9.17) is 9.26 Å². The van der Waals surface area contributed by atoms with Crippen LogP contribution in [0.3, 0.4) is 0 Å². The molecule has 36 heavy (non-hydrogen) atoms. The number of amides is 3. The minimum absolute atomic E-state index is 0.167. The Morgan fingerprint density at radius 3 is 2.31 bits per heavy atom. The SMILES string of the molecule is COc1ccc(-c2noc(CN3CCN(CN4C(=O)C(C)N(c5ccc(C)cc5)C4=O)CC3)n2)cc1. The van der Waals surface area contributed by atoms with Crippen LogP contribution < -0.4 is 9.64 Å². The molecule has 3 aromatic rings. The zero-order valence-electron chi connectivity index (χ0n) is 20.8. The summed E-state index contributed by atoms with van der Waals surface area (Å²) in [6, 6.07) is 14.4. The average molecular weight is 491 g/mol. The normalized spacial score (nSPS) is 19.4. The number of nitrogens with zero attached hydrogens (tertiary/aromatic N) is 6. The first-order valence-corrected chi connectivity index (χ1v) is 12.1. The lowest BCUT2D eigenvalue weighted by Crippen LogP contribution is -2.51. The molecule has 0 spiro atoms. The number of hydrogen-bond donors (Lipinski definition) is 0. The molecule has 1 atom stereocenters. The molecular weight excluding hydrogens is 460 g/mol. The van der Waals surface area contributed by atoms with Gasteiger partial charge in [-0.25, -0.2) is 9.69 Å². The number of methoxy groups -OCH3 is 1. The zero-order valence-corrected chi connectivity index (χ0v) is 20.8. The fourth-order valence-corrected chi connectivity index (χ4v) is 4.55. The van der Waals surface area contributed by atoms with Gasteiger partial charge in [0.2, 0.25) is 11.7 Å². The highest BCUT2D eigenvalue weighted by Crippen LogP contribution is 2.26. The molecule has 188 valence electrons. The third kappa shape index (κ3) is 4.82. The second-order valence-corrected chi connectivity index (χ2v) is 9.21. The molecule has 10 heteroatoms. The molecule has 10 nitrogen and oxygen atoms in total. The van der Waals surface area contributed by atoms with E-state index in [-0.39, 0.29) is 11.9 Å². The number of rotatable bonds is 7. The van der Waals surface area contributed by atoms with Gasteiger partial charge in [-0.2, -0.15) is 4.98 Å². The van der Waals surface area contributed by atoms with Gasteiger partial charge in [-0.3, -0.25) is 19.5 Å². The Bertz CT molecular complexity index is 1220. The lowest BCUT2D eigenvalue weighted by atomic mass is 10.2. The number of hydrogen-bond acceptors (Lipinski definition) is 8. The predicted molar refractivity (Wildman–Crippen MR) is 133 cm³/mol. The predicted octanol–water partition coefficient (Wildman–Crippen LogP) is 2.99. The molecule has 1 aromatic heterocycles. The first-order chi connectivity index (χ1) is 17.4. The molecule has 2 fully saturated rings. The lowest BCUT2D eigenvalue weighted by Gasteiger charge is -2.35. The van der Waals surface area contributed by atoms with Crippen LogP contribution in [0.1, 0.15) is 18.4 Å². The summed E-state index contributed by atoms with van der Waals surface area (Å²) in [6.07, 6.45) is 0. The van der Waals surface area contributed by atoms with Crippen molar-refractivity contribution in [2.45, 2.75) is 26.4 Å². The summed E-state index contributed by atoms with van der Waals surface area (Å²) in [5, 5.41) is 4.10. The molecule has 2 aromatic carbocycles. The number of aromatic nitrogens is 2. The maximum absolute atomic E-state index is 13.1. The number of aryl methyl sites for hydroxylation is 1. The Hall–Kier alpha value is -3.76. The molecule has 5 rings (SSSR count). The maximum atomic E-state index is 13.1. The molecule has 3 amide bonds. The minimum Gasteiger partial charge on any atom is -0.497 e. The van der Waals surface area contributed by atoms with Gasteiger partial charge in [-0.05, 0) is 50.2 Å². The van der Waals surface area contributed by atoms with Crippen molar-refractivity contribution in [3.8, 4) is 17.1 Å². The van der Waals surface area contributed by atoms with E-state index in [1.165, 1.54) is 4.90 Å². The maximum Gasteiger partial charge on any atom is 0.333 e. The van der Waals surface area contributed by atoms with E-state index in [9.17, 15) is 9.59 Å². The Balaban J connectivity index is 1.15. The van der Waals surface area contributed by atoms with Crippen molar-refractivity contribution >= 4 is 17.6 Å². The van der Waals surface area contributed by atoms with Crippen molar-refractivity contribution in [2.75, 3.05) is 44.9 Å². The highest BCUT2D eigenvalue weighted by atomic mass is 16.5. The molecule has 1 unspecified atom stereocenters.